The Kier molecular flexibility index (Phi) is 5.51. The van der Waals surface area contributed by atoms with Crippen LogP contribution in [0.1, 0.15) is 30.6 Å². The fraction of sp³-hybridized carbons (Fsp3) is 0.500. The molecule has 1 saturated heterocycles. The summed E-state index contributed by atoms with van der Waals surface area (Å²) in [7, 11) is 2.14. The number of hydrogen-bond donors (Lipinski definition) is 0. The van der Waals surface area contributed by atoms with Crippen molar-refractivity contribution in [2.75, 3.05) is 20.1 Å². The number of carbonyl (C=O) groups excluding carboxylic acids is 1. The Morgan fingerprint density at radius 1 is 1.39 bits per heavy atom. The van der Waals surface area contributed by atoms with Gasteiger partial charge in [-0.25, -0.2) is 0 Å². The van der Waals surface area contributed by atoms with E-state index in [-0.39, 0.29) is 5.91 Å². The SMILES string of the molecule is CN1CCC(N(Cc2ccco2)C(=O)CCc2ccsc2)CC1. The van der Waals surface area contributed by atoms with E-state index in [4.69, 9.17) is 4.42 Å². The molecule has 0 bridgehead atoms. The number of thiophene rings is 1. The van der Waals surface area contributed by atoms with Gasteiger partial charge in [-0.2, -0.15) is 11.3 Å². The van der Waals surface area contributed by atoms with Crippen LogP contribution >= 0.6 is 11.3 Å². The van der Waals surface area contributed by atoms with E-state index >= 15 is 0 Å². The summed E-state index contributed by atoms with van der Waals surface area (Å²) in [6.07, 6.45) is 5.16. The Hall–Kier alpha value is -1.59. The zero-order valence-electron chi connectivity index (χ0n) is 13.6. The van der Waals surface area contributed by atoms with Gasteiger partial charge in [0.1, 0.15) is 5.76 Å². The Balaban J connectivity index is 1.64. The molecule has 3 rings (SSSR count). The van der Waals surface area contributed by atoms with E-state index in [1.165, 1.54) is 5.56 Å². The molecule has 4 nitrogen and oxygen atoms in total. The van der Waals surface area contributed by atoms with E-state index in [1.807, 2.05) is 17.0 Å². The summed E-state index contributed by atoms with van der Waals surface area (Å²) in [6.45, 7) is 2.69. The minimum absolute atomic E-state index is 0.238. The maximum Gasteiger partial charge on any atom is 0.223 e. The molecule has 1 aliphatic rings. The summed E-state index contributed by atoms with van der Waals surface area (Å²) < 4.78 is 5.47. The summed E-state index contributed by atoms with van der Waals surface area (Å²) in [6, 6.07) is 6.27. The highest BCUT2D eigenvalue weighted by atomic mass is 32.1. The molecule has 0 saturated carbocycles. The van der Waals surface area contributed by atoms with Gasteiger partial charge in [0.05, 0.1) is 12.8 Å². The minimum Gasteiger partial charge on any atom is -0.467 e. The lowest BCUT2D eigenvalue weighted by molar-refractivity contribution is -0.135. The molecule has 1 amide bonds. The minimum atomic E-state index is 0.238. The number of hydrogen-bond acceptors (Lipinski definition) is 4. The van der Waals surface area contributed by atoms with Crippen LogP contribution < -0.4 is 0 Å². The van der Waals surface area contributed by atoms with E-state index in [1.54, 1.807) is 17.6 Å². The zero-order chi connectivity index (χ0) is 16.1. The van der Waals surface area contributed by atoms with Crippen molar-refractivity contribution in [1.29, 1.82) is 0 Å². The summed E-state index contributed by atoms with van der Waals surface area (Å²) in [5.41, 5.74) is 1.25. The Morgan fingerprint density at radius 3 is 2.87 bits per heavy atom. The van der Waals surface area contributed by atoms with Crippen LogP contribution in [0.5, 0.6) is 0 Å². The molecule has 3 heterocycles. The number of aryl methyl sites for hydroxylation is 1. The Morgan fingerprint density at radius 2 is 2.22 bits per heavy atom. The number of amides is 1. The van der Waals surface area contributed by atoms with E-state index in [0.29, 0.717) is 19.0 Å². The summed E-state index contributed by atoms with van der Waals surface area (Å²) in [5.74, 6) is 1.11. The first kappa shape index (κ1) is 16.3. The second-order valence-corrected chi connectivity index (χ2v) is 7.05. The lowest BCUT2D eigenvalue weighted by Gasteiger charge is -2.37. The second-order valence-electron chi connectivity index (χ2n) is 6.27. The summed E-state index contributed by atoms with van der Waals surface area (Å²) >= 11 is 1.69. The van der Waals surface area contributed by atoms with Gasteiger partial charge in [0, 0.05) is 12.5 Å². The van der Waals surface area contributed by atoms with Crippen LogP contribution in [0.15, 0.2) is 39.6 Å². The fourth-order valence-corrected chi connectivity index (χ4v) is 3.83. The molecule has 2 aromatic heterocycles. The molecule has 5 heteroatoms. The van der Waals surface area contributed by atoms with Crippen molar-refractivity contribution < 1.29 is 9.21 Å². The standard InChI is InChI=1S/C18H24N2O2S/c1-19-9-6-16(7-10-19)20(13-17-3-2-11-22-17)18(21)5-4-15-8-12-23-14-15/h2-3,8,11-12,14,16H,4-7,9-10,13H2,1H3. The number of piperidine rings is 1. The monoisotopic (exact) mass is 332 g/mol. The first-order valence-corrected chi connectivity index (χ1v) is 9.18. The van der Waals surface area contributed by atoms with Crippen LogP contribution in [0.4, 0.5) is 0 Å². The van der Waals surface area contributed by atoms with Crippen molar-refractivity contribution in [3.8, 4) is 0 Å². The lowest BCUT2D eigenvalue weighted by Crippen LogP contribution is -2.46. The van der Waals surface area contributed by atoms with Gasteiger partial charge in [0.15, 0.2) is 0 Å². The molecular weight excluding hydrogens is 308 g/mol. The second kappa shape index (κ2) is 7.79. The van der Waals surface area contributed by atoms with Gasteiger partial charge in [-0.05, 0) is 73.9 Å². The van der Waals surface area contributed by atoms with Crippen LogP contribution in [0.25, 0.3) is 0 Å². The van der Waals surface area contributed by atoms with Gasteiger partial charge in [-0.3, -0.25) is 4.79 Å². The van der Waals surface area contributed by atoms with Crippen molar-refractivity contribution in [1.82, 2.24) is 9.80 Å². The van der Waals surface area contributed by atoms with Crippen molar-refractivity contribution >= 4 is 17.2 Å². The number of carbonyl (C=O) groups is 1. The summed E-state index contributed by atoms with van der Waals surface area (Å²) in [5, 5.41) is 4.19. The molecule has 0 aromatic carbocycles. The lowest BCUT2D eigenvalue weighted by atomic mass is 10.0. The van der Waals surface area contributed by atoms with Crippen molar-refractivity contribution in [3.05, 3.63) is 46.5 Å². The van der Waals surface area contributed by atoms with E-state index < -0.39 is 0 Å². The van der Waals surface area contributed by atoms with Gasteiger partial charge in [0.2, 0.25) is 5.91 Å². The molecule has 0 aliphatic carbocycles. The highest BCUT2D eigenvalue weighted by Crippen LogP contribution is 2.20. The highest BCUT2D eigenvalue weighted by Gasteiger charge is 2.27. The average Bonchev–Trinajstić information content (AvgIpc) is 3.25. The predicted molar refractivity (Wildman–Crippen MR) is 92.4 cm³/mol. The number of nitrogens with zero attached hydrogens (tertiary/aromatic N) is 2. The predicted octanol–water partition coefficient (Wildman–Crippen LogP) is 3.40. The third kappa shape index (κ3) is 4.45. The van der Waals surface area contributed by atoms with Crippen LogP contribution in [0, 0.1) is 0 Å². The first-order valence-electron chi connectivity index (χ1n) is 8.24. The molecule has 0 unspecified atom stereocenters. The molecule has 23 heavy (non-hydrogen) atoms. The van der Waals surface area contributed by atoms with Crippen LogP contribution in [0.2, 0.25) is 0 Å². The van der Waals surface area contributed by atoms with Gasteiger partial charge in [0.25, 0.3) is 0 Å². The quantitative estimate of drug-likeness (QED) is 0.813. The maximum atomic E-state index is 12.8. The van der Waals surface area contributed by atoms with Gasteiger partial charge >= 0.3 is 0 Å². The molecule has 1 aliphatic heterocycles. The average molecular weight is 332 g/mol. The molecule has 0 spiro atoms. The Bertz CT molecular complexity index is 587. The first-order chi connectivity index (χ1) is 11.2. The fourth-order valence-electron chi connectivity index (χ4n) is 3.13. The molecule has 0 radical (unpaired) electrons. The highest BCUT2D eigenvalue weighted by molar-refractivity contribution is 7.07. The molecule has 0 N–H and O–H groups in total. The number of furan rings is 1. The van der Waals surface area contributed by atoms with Gasteiger partial charge < -0.3 is 14.2 Å². The van der Waals surface area contributed by atoms with E-state index in [2.05, 4.69) is 28.8 Å². The van der Waals surface area contributed by atoms with Crippen molar-refractivity contribution in [2.24, 2.45) is 0 Å². The number of rotatable bonds is 6. The van der Waals surface area contributed by atoms with Crippen molar-refractivity contribution in [2.45, 2.75) is 38.3 Å². The smallest absolute Gasteiger partial charge is 0.223 e. The largest absolute Gasteiger partial charge is 0.467 e. The molecule has 2 aromatic rings. The third-order valence-corrected chi connectivity index (χ3v) is 5.30. The van der Waals surface area contributed by atoms with Crippen LogP contribution in [-0.2, 0) is 17.8 Å². The van der Waals surface area contributed by atoms with Gasteiger partial charge in [-0.15, -0.1) is 0 Å². The molecule has 124 valence electrons. The normalized spacial score (nSPS) is 16.6. The Labute approximate surface area is 141 Å². The van der Waals surface area contributed by atoms with E-state index in [0.717, 1.165) is 38.1 Å². The zero-order valence-corrected chi connectivity index (χ0v) is 14.4. The summed E-state index contributed by atoms with van der Waals surface area (Å²) in [4.78, 5) is 17.2. The van der Waals surface area contributed by atoms with Gasteiger partial charge in [-0.1, -0.05) is 0 Å². The van der Waals surface area contributed by atoms with E-state index in [9.17, 15) is 4.79 Å². The topological polar surface area (TPSA) is 36.7 Å². The molecule has 1 fully saturated rings. The van der Waals surface area contributed by atoms with Crippen molar-refractivity contribution in [3.63, 3.8) is 0 Å². The molecule has 0 atom stereocenters. The third-order valence-electron chi connectivity index (χ3n) is 4.56. The molecular formula is C18H24N2O2S. The maximum absolute atomic E-state index is 12.8. The number of likely N-dealkylation sites (tertiary alicyclic amines) is 1. The van der Waals surface area contributed by atoms with Crippen LogP contribution in [0.3, 0.4) is 0 Å². The van der Waals surface area contributed by atoms with Crippen LogP contribution in [-0.4, -0.2) is 41.9 Å².